The molecule has 3 heterocycles. The van der Waals surface area contributed by atoms with Crippen molar-refractivity contribution in [1.29, 1.82) is 0 Å². The molecule has 0 spiro atoms. The van der Waals surface area contributed by atoms with E-state index in [0.717, 1.165) is 12.8 Å². The highest BCUT2D eigenvalue weighted by Gasteiger charge is 2.51. The number of imidazole rings is 1. The number of nitrogens with zero attached hydrogens (tertiary/aromatic N) is 4. The van der Waals surface area contributed by atoms with Crippen LogP contribution in [0, 0.1) is 5.92 Å². The Morgan fingerprint density at radius 2 is 1.79 bits per heavy atom. The summed E-state index contributed by atoms with van der Waals surface area (Å²) in [6.07, 6.45) is -0.568. The number of carbonyl (C=O) groups is 3. The fourth-order valence-electron chi connectivity index (χ4n) is 4.15. The Hall–Kier alpha value is -3.48. The van der Waals surface area contributed by atoms with Crippen LogP contribution < -0.4 is 11.4 Å². The Morgan fingerprint density at radius 1 is 1.12 bits per heavy atom. The van der Waals surface area contributed by atoms with E-state index in [-0.39, 0.29) is 24.6 Å². The second kappa shape index (κ2) is 9.41. The van der Waals surface area contributed by atoms with Crippen molar-refractivity contribution in [2.24, 2.45) is 5.92 Å². The zero-order chi connectivity index (χ0) is 24.6. The molecule has 2 aromatic heterocycles. The highest BCUT2D eigenvalue weighted by molar-refractivity contribution is 5.72. The summed E-state index contributed by atoms with van der Waals surface area (Å²) in [5, 5.41) is 0. The molecule has 2 N–H and O–H groups in total. The predicted molar refractivity (Wildman–Crippen MR) is 115 cm³/mol. The minimum Gasteiger partial charge on any atom is -0.466 e. The monoisotopic (exact) mass is 477 g/mol. The molecule has 13 nitrogen and oxygen atoms in total. The van der Waals surface area contributed by atoms with Crippen LogP contribution in [0.25, 0.3) is 11.2 Å². The summed E-state index contributed by atoms with van der Waals surface area (Å²) in [5.74, 6) is -1.44. The molecule has 1 saturated carbocycles. The van der Waals surface area contributed by atoms with E-state index in [4.69, 9.17) is 24.7 Å². The summed E-state index contributed by atoms with van der Waals surface area (Å²) in [4.78, 5) is 56.8. The summed E-state index contributed by atoms with van der Waals surface area (Å²) in [7, 11) is 0. The average molecular weight is 477 g/mol. The molecule has 1 aliphatic heterocycles. The van der Waals surface area contributed by atoms with Crippen molar-refractivity contribution in [3.63, 3.8) is 0 Å². The van der Waals surface area contributed by atoms with E-state index < -0.39 is 48.1 Å². The van der Waals surface area contributed by atoms with Gasteiger partial charge in [-0.3, -0.25) is 19.0 Å². The fourth-order valence-corrected chi connectivity index (χ4v) is 4.15. The molecule has 0 unspecified atom stereocenters. The molecular formula is C21H27N5O8. The van der Waals surface area contributed by atoms with Crippen molar-refractivity contribution in [2.45, 2.75) is 71.1 Å². The molecule has 0 aromatic carbocycles. The number of hydrogen-bond acceptors (Lipinski definition) is 11. The third-order valence-electron chi connectivity index (χ3n) is 5.71. The molecule has 13 heteroatoms. The minimum atomic E-state index is -1.17. The van der Waals surface area contributed by atoms with E-state index in [1.165, 1.54) is 31.5 Å². The standard InChI is InChI=1S/C21H27N5O8/c1-10(27)31-7-6-15-16(32-11(2)28)17(33-12(3)29)19(34-15)26-18-14(8-23-20(22)24-18)25(21(26)30)9-13-4-5-13/h8,13,15-17,19H,4-7,9H2,1-3H3,(H2,22,23,24)/t15-,16+,17-,19-/m1/s1. The number of fused-ring (bicyclic) bond motifs is 1. The lowest BCUT2D eigenvalue weighted by Gasteiger charge is -2.23. The van der Waals surface area contributed by atoms with E-state index in [0.29, 0.717) is 18.0 Å². The summed E-state index contributed by atoms with van der Waals surface area (Å²) in [6.45, 7) is 4.13. The first-order valence-corrected chi connectivity index (χ1v) is 11.0. The maximum atomic E-state index is 13.5. The van der Waals surface area contributed by atoms with E-state index in [9.17, 15) is 19.2 Å². The zero-order valence-corrected chi connectivity index (χ0v) is 19.1. The highest BCUT2D eigenvalue weighted by atomic mass is 16.6. The second-order valence-electron chi connectivity index (χ2n) is 8.49. The number of carbonyl (C=O) groups excluding carboxylic acids is 3. The first-order valence-electron chi connectivity index (χ1n) is 11.0. The largest absolute Gasteiger partial charge is 0.466 e. The van der Waals surface area contributed by atoms with Crippen LogP contribution in [0.1, 0.15) is 46.3 Å². The van der Waals surface area contributed by atoms with Crippen molar-refractivity contribution in [2.75, 3.05) is 12.3 Å². The van der Waals surface area contributed by atoms with Gasteiger partial charge in [0.1, 0.15) is 11.6 Å². The summed E-state index contributed by atoms with van der Waals surface area (Å²) < 4.78 is 24.9. The number of aromatic nitrogens is 4. The SMILES string of the molecule is CC(=O)OCC[C@H]1O[C@@H](n2c(=O)n(CC3CC3)c3cnc(N)nc32)[C@H](OC(C)=O)[C@H]1OC(C)=O. The van der Waals surface area contributed by atoms with Crippen molar-refractivity contribution in [3.8, 4) is 0 Å². The lowest BCUT2D eigenvalue weighted by atomic mass is 10.1. The average Bonchev–Trinajstić information content (AvgIpc) is 3.46. The number of nitrogen functional groups attached to an aromatic ring is 1. The Bertz CT molecular complexity index is 1170. The van der Waals surface area contributed by atoms with Crippen LogP contribution in [-0.4, -0.2) is 61.9 Å². The lowest BCUT2D eigenvalue weighted by molar-refractivity contribution is -0.165. The smallest absolute Gasteiger partial charge is 0.332 e. The molecule has 184 valence electrons. The van der Waals surface area contributed by atoms with Crippen LogP contribution in [0.5, 0.6) is 0 Å². The van der Waals surface area contributed by atoms with Gasteiger partial charge >= 0.3 is 23.6 Å². The summed E-state index contributed by atoms with van der Waals surface area (Å²) in [6, 6.07) is 0. The molecule has 4 atom stereocenters. The molecular weight excluding hydrogens is 450 g/mol. The van der Waals surface area contributed by atoms with Crippen molar-refractivity contribution in [1.82, 2.24) is 19.1 Å². The minimum absolute atomic E-state index is 0.0231. The zero-order valence-electron chi connectivity index (χ0n) is 19.1. The first-order chi connectivity index (χ1) is 16.2. The maximum absolute atomic E-state index is 13.5. The van der Waals surface area contributed by atoms with E-state index >= 15 is 0 Å². The molecule has 4 rings (SSSR count). The normalized spacial score (nSPS) is 24.2. The Labute approximate surface area is 194 Å². The first kappa shape index (κ1) is 23.7. The summed E-state index contributed by atoms with van der Waals surface area (Å²) >= 11 is 0. The quantitative estimate of drug-likeness (QED) is 0.410. The molecule has 2 fully saturated rings. The van der Waals surface area contributed by atoms with Crippen LogP contribution in [0.3, 0.4) is 0 Å². The Balaban J connectivity index is 1.78. The maximum Gasteiger partial charge on any atom is 0.332 e. The van der Waals surface area contributed by atoms with Crippen LogP contribution in [-0.2, 0) is 39.9 Å². The van der Waals surface area contributed by atoms with Gasteiger partial charge in [-0.2, -0.15) is 4.98 Å². The number of ether oxygens (including phenoxy) is 4. The van der Waals surface area contributed by atoms with Gasteiger partial charge in [0, 0.05) is 33.7 Å². The van der Waals surface area contributed by atoms with Gasteiger partial charge in [-0.25, -0.2) is 14.3 Å². The van der Waals surface area contributed by atoms with Crippen LogP contribution in [0.15, 0.2) is 11.0 Å². The Kier molecular flexibility index (Phi) is 6.55. The van der Waals surface area contributed by atoms with Gasteiger partial charge in [-0.1, -0.05) is 0 Å². The lowest BCUT2D eigenvalue weighted by Crippen LogP contribution is -2.41. The van der Waals surface area contributed by atoms with Gasteiger partial charge in [-0.15, -0.1) is 0 Å². The molecule has 0 bridgehead atoms. The van der Waals surface area contributed by atoms with E-state index in [1.54, 1.807) is 4.57 Å². The van der Waals surface area contributed by atoms with Crippen molar-refractivity contribution in [3.05, 3.63) is 16.7 Å². The van der Waals surface area contributed by atoms with Crippen LogP contribution in [0.2, 0.25) is 0 Å². The molecule has 1 aliphatic carbocycles. The summed E-state index contributed by atoms with van der Waals surface area (Å²) in [5.41, 5.74) is 6.04. The third kappa shape index (κ3) is 4.88. The van der Waals surface area contributed by atoms with Gasteiger partial charge in [0.25, 0.3) is 0 Å². The van der Waals surface area contributed by atoms with Crippen LogP contribution >= 0.6 is 0 Å². The molecule has 2 aliphatic rings. The van der Waals surface area contributed by atoms with Gasteiger partial charge < -0.3 is 24.7 Å². The second-order valence-corrected chi connectivity index (χ2v) is 8.49. The van der Waals surface area contributed by atoms with Crippen LogP contribution in [0.4, 0.5) is 5.95 Å². The predicted octanol–water partition coefficient (Wildman–Crippen LogP) is 0.299. The molecule has 34 heavy (non-hydrogen) atoms. The number of anilines is 1. The number of rotatable bonds is 8. The van der Waals surface area contributed by atoms with Crippen molar-refractivity contribution >= 4 is 35.0 Å². The van der Waals surface area contributed by atoms with Gasteiger partial charge in [0.15, 0.2) is 24.1 Å². The number of hydrogen-bond donors (Lipinski definition) is 1. The van der Waals surface area contributed by atoms with Gasteiger partial charge in [-0.05, 0) is 18.8 Å². The molecule has 0 amide bonds. The molecule has 1 saturated heterocycles. The van der Waals surface area contributed by atoms with E-state index in [2.05, 4.69) is 9.97 Å². The number of nitrogens with two attached hydrogens (primary N) is 1. The molecule has 2 aromatic rings. The van der Waals surface area contributed by atoms with Gasteiger partial charge in [0.05, 0.1) is 12.8 Å². The Morgan fingerprint density at radius 3 is 2.41 bits per heavy atom. The molecule has 0 radical (unpaired) electrons. The third-order valence-corrected chi connectivity index (χ3v) is 5.71. The topological polar surface area (TPSA) is 167 Å². The fraction of sp³-hybridized carbons (Fsp3) is 0.619. The van der Waals surface area contributed by atoms with Gasteiger partial charge in [0.2, 0.25) is 5.95 Å². The number of esters is 3. The van der Waals surface area contributed by atoms with E-state index in [1.807, 2.05) is 0 Å². The highest BCUT2D eigenvalue weighted by Crippen LogP contribution is 2.37. The van der Waals surface area contributed by atoms with Crippen molar-refractivity contribution < 1.29 is 33.3 Å².